The van der Waals surface area contributed by atoms with Crippen molar-refractivity contribution in [1.82, 2.24) is 5.32 Å². The molecule has 0 aromatic carbocycles. The highest BCUT2D eigenvalue weighted by Gasteiger charge is 2.24. The maximum absolute atomic E-state index is 9.50. The first kappa shape index (κ1) is 17.3. The summed E-state index contributed by atoms with van der Waals surface area (Å²) >= 11 is 2.04. The van der Waals surface area contributed by atoms with Gasteiger partial charge >= 0.3 is 0 Å². The van der Waals surface area contributed by atoms with Gasteiger partial charge in [-0.1, -0.05) is 33.6 Å². The van der Waals surface area contributed by atoms with E-state index in [1.165, 1.54) is 25.0 Å². The largest absolute Gasteiger partial charge is 0.394 e. The molecule has 3 heteroatoms. The zero-order valence-electron chi connectivity index (χ0n) is 12.1. The molecule has 0 aliphatic carbocycles. The summed E-state index contributed by atoms with van der Waals surface area (Å²) in [5.74, 6) is 1.25. The summed E-state index contributed by atoms with van der Waals surface area (Å²) in [6, 6.07) is 0. The summed E-state index contributed by atoms with van der Waals surface area (Å²) in [7, 11) is 0. The lowest BCUT2D eigenvalue weighted by Crippen LogP contribution is -2.47. The molecule has 0 bridgehead atoms. The Labute approximate surface area is 112 Å². The monoisotopic (exact) mass is 261 g/mol. The highest BCUT2D eigenvalue weighted by atomic mass is 32.2. The van der Waals surface area contributed by atoms with Crippen molar-refractivity contribution in [1.29, 1.82) is 0 Å². The van der Waals surface area contributed by atoms with E-state index in [1.807, 2.05) is 11.8 Å². The summed E-state index contributed by atoms with van der Waals surface area (Å²) in [5, 5.41) is 13.6. The van der Waals surface area contributed by atoms with Crippen LogP contribution in [0.15, 0.2) is 0 Å². The lowest BCUT2D eigenvalue weighted by molar-refractivity contribution is 0.166. The van der Waals surface area contributed by atoms with Crippen LogP contribution in [0.5, 0.6) is 0 Å². The Kier molecular flexibility index (Phi) is 10.4. The van der Waals surface area contributed by atoms with Gasteiger partial charge in [-0.2, -0.15) is 11.8 Å². The van der Waals surface area contributed by atoms with Crippen molar-refractivity contribution in [3.05, 3.63) is 0 Å². The number of aliphatic hydroxyl groups excluding tert-OH is 1. The van der Waals surface area contributed by atoms with Gasteiger partial charge in [0.2, 0.25) is 0 Å². The van der Waals surface area contributed by atoms with Gasteiger partial charge in [0.05, 0.1) is 6.61 Å². The topological polar surface area (TPSA) is 32.3 Å². The smallest absolute Gasteiger partial charge is 0.0611 e. The van der Waals surface area contributed by atoms with Crippen LogP contribution in [0.1, 0.15) is 59.8 Å². The van der Waals surface area contributed by atoms with Crippen molar-refractivity contribution in [3.8, 4) is 0 Å². The van der Waals surface area contributed by atoms with Gasteiger partial charge in [0, 0.05) is 10.8 Å². The number of nitrogens with one attached hydrogen (secondary N) is 1. The summed E-state index contributed by atoms with van der Waals surface area (Å²) in [5.41, 5.74) is -0.104. The van der Waals surface area contributed by atoms with Crippen LogP contribution in [0.25, 0.3) is 0 Å². The summed E-state index contributed by atoms with van der Waals surface area (Å²) in [4.78, 5) is 0. The molecule has 0 aliphatic rings. The van der Waals surface area contributed by atoms with Crippen LogP contribution >= 0.6 is 11.8 Å². The molecule has 2 unspecified atom stereocenters. The van der Waals surface area contributed by atoms with Crippen LogP contribution in [-0.4, -0.2) is 34.8 Å². The van der Waals surface area contributed by atoms with E-state index < -0.39 is 0 Å². The summed E-state index contributed by atoms with van der Waals surface area (Å²) in [6.07, 6.45) is 6.12. The molecular formula is C14H31NOS. The predicted molar refractivity (Wildman–Crippen MR) is 79.8 cm³/mol. The van der Waals surface area contributed by atoms with Gasteiger partial charge in [0.15, 0.2) is 0 Å². The average molecular weight is 261 g/mol. The Morgan fingerprint density at radius 1 is 1.24 bits per heavy atom. The van der Waals surface area contributed by atoms with E-state index in [0.717, 1.165) is 19.4 Å². The molecule has 0 amide bonds. The lowest BCUT2D eigenvalue weighted by Gasteiger charge is -2.31. The molecule has 104 valence electrons. The van der Waals surface area contributed by atoms with Crippen LogP contribution in [0.4, 0.5) is 0 Å². The van der Waals surface area contributed by atoms with Gasteiger partial charge in [-0.3, -0.25) is 0 Å². The molecule has 0 spiro atoms. The molecule has 0 fully saturated rings. The van der Waals surface area contributed by atoms with E-state index in [2.05, 4.69) is 33.0 Å². The number of hydrogen-bond acceptors (Lipinski definition) is 3. The number of aliphatic hydroxyl groups is 1. The first-order valence-electron chi connectivity index (χ1n) is 7.05. The molecular weight excluding hydrogens is 230 g/mol. The first-order chi connectivity index (χ1) is 8.08. The van der Waals surface area contributed by atoms with Crippen LogP contribution in [-0.2, 0) is 0 Å². The third-order valence-electron chi connectivity index (χ3n) is 3.04. The van der Waals surface area contributed by atoms with Crippen molar-refractivity contribution in [2.75, 3.05) is 18.9 Å². The summed E-state index contributed by atoms with van der Waals surface area (Å²) < 4.78 is 0. The Balaban J connectivity index is 3.83. The summed E-state index contributed by atoms with van der Waals surface area (Å²) in [6.45, 7) is 10.0. The average Bonchev–Trinajstić information content (AvgIpc) is 2.32. The molecule has 2 N–H and O–H groups in total. The molecule has 17 heavy (non-hydrogen) atoms. The maximum atomic E-state index is 9.50. The normalized spacial score (nSPS) is 16.8. The van der Waals surface area contributed by atoms with Gasteiger partial charge in [-0.05, 0) is 38.5 Å². The Morgan fingerprint density at radius 3 is 2.47 bits per heavy atom. The van der Waals surface area contributed by atoms with Crippen molar-refractivity contribution < 1.29 is 5.11 Å². The fraction of sp³-hybridized carbons (Fsp3) is 1.00. The van der Waals surface area contributed by atoms with Crippen LogP contribution in [0, 0.1) is 0 Å². The highest BCUT2D eigenvalue weighted by Crippen LogP contribution is 2.22. The fourth-order valence-corrected chi connectivity index (χ4v) is 3.21. The van der Waals surface area contributed by atoms with E-state index in [-0.39, 0.29) is 12.1 Å². The minimum Gasteiger partial charge on any atom is -0.394 e. The van der Waals surface area contributed by atoms with Crippen LogP contribution in [0.2, 0.25) is 0 Å². The molecule has 2 atom stereocenters. The van der Waals surface area contributed by atoms with Crippen molar-refractivity contribution >= 4 is 11.8 Å². The highest BCUT2D eigenvalue weighted by molar-refractivity contribution is 7.99. The number of thioether (sulfide) groups is 1. The van der Waals surface area contributed by atoms with Crippen LogP contribution < -0.4 is 5.32 Å². The van der Waals surface area contributed by atoms with Gasteiger partial charge in [0.25, 0.3) is 0 Å². The van der Waals surface area contributed by atoms with Crippen LogP contribution in [0.3, 0.4) is 0 Å². The van der Waals surface area contributed by atoms with Gasteiger partial charge < -0.3 is 10.4 Å². The second kappa shape index (κ2) is 10.2. The molecule has 0 aromatic rings. The van der Waals surface area contributed by atoms with Gasteiger partial charge in [-0.15, -0.1) is 0 Å². The van der Waals surface area contributed by atoms with E-state index in [9.17, 15) is 5.11 Å². The number of rotatable bonds is 11. The van der Waals surface area contributed by atoms with Crippen molar-refractivity contribution in [2.45, 2.75) is 70.6 Å². The predicted octanol–water partition coefficient (Wildman–Crippen LogP) is 3.44. The number of unbranched alkanes of at least 4 members (excludes halogenated alkanes) is 2. The molecule has 0 saturated heterocycles. The molecule has 0 rings (SSSR count). The Morgan fingerprint density at radius 2 is 1.94 bits per heavy atom. The quantitative estimate of drug-likeness (QED) is 0.559. The van der Waals surface area contributed by atoms with Crippen molar-refractivity contribution in [3.63, 3.8) is 0 Å². The zero-order chi connectivity index (χ0) is 13.1. The number of hydrogen-bond donors (Lipinski definition) is 2. The SMILES string of the molecule is CCCCCSC(C)CC(C)(CO)NCCC. The molecule has 2 nitrogen and oxygen atoms in total. The second-order valence-electron chi connectivity index (χ2n) is 5.24. The lowest BCUT2D eigenvalue weighted by atomic mass is 9.97. The molecule has 0 heterocycles. The maximum Gasteiger partial charge on any atom is 0.0611 e. The van der Waals surface area contributed by atoms with E-state index >= 15 is 0 Å². The Hall–Kier alpha value is 0.270. The standard InChI is InChI=1S/C14H31NOS/c1-5-7-8-10-17-13(3)11-14(4,12-16)15-9-6-2/h13,15-16H,5-12H2,1-4H3. The minimum absolute atomic E-state index is 0.104. The zero-order valence-corrected chi connectivity index (χ0v) is 12.9. The van der Waals surface area contributed by atoms with Crippen molar-refractivity contribution in [2.24, 2.45) is 0 Å². The third-order valence-corrected chi connectivity index (χ3v) is 4.30. The van der Waals surface area contributed by atoms with Gasteiger partial charge in [0.1, 0.15) is 0 Å². The molecule has 0 radical (unpaired) electrons. The minimum atomic E-state index is -0.104. The van der Waals surface area contributed by atoms with E-state index in [4.69, 9.17) is 0 Å². The third kappa shape index (κ3) is 8.92. The first-order valence-corrected chi connectivity index (χ1v) is 8.10. The molecule has 0 aromatic heterocycles. The Bertz CT molecular complexity index is 178. The van der Waals surface area contributed by atoms with E-state index in [0.29, 0.717) is 5.25 Å². The second-order valence-corrected chi connectivity index (χ2v) is 6.78. The fourth-order valence-electron chi connectivity index (χ4n) is 1.95. The molecule has 0 aliphatic heterocycles. The van der Waals surface area contributed by atoms with E-state index in [1.54, 1.807) is 0 Å². The molecule has 0 saturated carbocycles. The van der Waals surface area contributed by atoms with Gasteiger partial charge in [-0.25, -0.2) is 0 Å².